The maximum Gasteiger partial charge on any atom is 0.417 e. The van der Waals surface area contributed by atoms with E-state index in [4.69, 9.17) is 4.74 Å². The summed E-state index contributed by atoms with van der Waals surface area (Å²) in [6, 6.07) is 6.90. The summed E-state index contributed by atoms with van der Waals surface area (Å²) >= 11 is 1.18. The van der Waals surface area contributed by atoms with Gasteiger partial charge in [0.25, 0.3) is 5.91 Å². The predicted molar refractivity (Wildman–Crippen MR) is 177 cm³/mol. The molecule has 2 amide bonds. The lowest BCUT2D eigenvalue weighted by Crippen LogP contribution is -2.35. The number of amides is 2. The number of fused-ring (bicyclic) bond motifs is 2. The SMILES string of the molecule is Cc1c(-c2ccc(CCN(C)C(=O)OC(C)(C)C)cc2)cc(C(F)(F)F)c2cn([C@@H](C(=O)Nc3nccs3)c3ncn4c3C[C@@H](F)C4)nc12. The fraction of sp³-hybridized carbons (Fsp3) is 0.382. The summed E-state index contributed by atoms with van der Waals surface area (Å²) in [7, 11) is 1.64. The van der Waals surface area contributed by atoms with Gasteiger partial charge in [0.2, 0.25) is 0 Å². The van der Waals surface area contributed by atoms with Crippen LogP contribution in [0.5, 0.6) is 0 Å². The van der Waals surface area contributed by atoms with Gasteiger partial charge in [0.15, 0.2) is 11.2 Å². The van der Waals surface area contributed by atoms with Crippen LogP contribution in [0.3, 0.4) is 0 Å². The van der Waals surface area contributed by atoms with Crippen LogP contribution in [0.15, 0.2) is 54.4 Å². The summed E-state index contributed by atoms with van der Waals surface area (Å²) in [5.74, 6) is -0.620. The number of ether oxygens (including phenoxy) is 1. The third-order valence-electron chi connectivity index (χ3n) is 8.30. The minimum Gasteiger partial charge on any atom is -0.444 e. The molecule has 4 heterocycles. The zero-order chi connectivity index (χ0) is 35.2. The topological polar surface area (TPSA) is 107 Å². The standard InChI is InChI=1S/C34H35F4N7O3S/c1-19-23(21-8-6-20(7-9-21)10-12-43(5)32(47)48-33(2,3)4)15-25(34(36,37)38)24-17-45(42-27(19)24)29(30(46)41-31-39-11-13-49-31)28-26-14-22(35)16-44(26)18-40-28/h6-9,11,13,15,17-18,22,29H,10,12,14,16H2,1-5H3,(H,39,41,46)/t22-,29-/m1/s1. The molecule has 6 rings (SSSR count). The lowest BCUT2D eigenvalue weighted by Gasteiger charge is -2.24. The highest BCUT2D eigenvalue weighted by Gasteiger charge is 2.38. The first kappa shape index (κ1) is 34.1. The van der Waals surface area contributed by atoms with Crippen molar-refractivity contribution >= 4 is 39.4 Å². The number of likely N-dealkylation sites (N-methyl/N-ethyl adjacent to an activating group) is 1. The van der Waals surface area contributed by atoms with Crippen LogP contribution in [0.1, 0.15) is 54.9 Å². The highest BCUT2D eigenvalue weighted by atomic mass is 32.1. The Hall–Kier alpha value is -4.79. The van der Waals surface area contributed by atoms with E-state index in [2.05, 4.69) is 20.4 Å². The smallest absolute Gasteiger partial charge is 0.417 e. The van der Waals surface area contributed by atoms with E-state index >= 15 is 0 Å². The van der Waals surface area contributed by atoms with E-state index in [1.54, 1.807) is 56.8 Å². The van der Waals surface area contributed by atoms with Crippen molar-refractivity contribution in [2.24, 2.45) is 0 Å². The number of alkyl halides is 4. The maximum atomic E-state index is 14.6. The molecule has 0 spiro atoms. The second kappa shape index (κ2) is 12.9. The van der Waals surface area contributed by atoms with Gasteiger partial charge in [-0.2, -0.15) is 18.3 Å². The Kier molecular flexibility index (Phi) is 8.98. The highest BCUT2D eigenvalue weighted by molar-refractivity contribution is 7.13. The van der Waals surface area contributed by atoms with Crippen molar-refractivity contribution in [3.05, 3.63) is 82.5 Å². The molecule has 2 atom stereocenters. The van der Waals surface area contributed by atoms with Crippen molar-refractivity contribution in [3.8, 4) is 11.1 Å². The number of carbonyl (C=O) groups is 2. The molecule has 49 heavy (non-hydrogen) atoms. The maximum absolute atomic E-state index is 14.6. The first-order valence-electron chi connectivity index (χ1n) is 15.6. The number of aromatic nitrogens is 5. The molecular weight excluding hydrogens is 662 g/mol. The van der Waals surface area contributed by atoms with Crippen molar-refractivity contribution < 1.29 is 31.9 Å². The fourth-order valence-corrected chi connectivity index (χ4v) is 6.45. The van der Waals surface area contributed by atoms with Crippen molar-refractivity contribution in [1.29, 1.82) is 0 Å². The molecule has 2 aromatic carbocycles. The number of benzene rings is 2. The number of nitrogens with zero attached hydrogens (tertiary/aromatic N) is 6. The monoisotopic (exact) mass is 697 g/mol. The number of hydrogen-bond acceptors (Lipinski definition) is 7. The van der Waals surface area contributed by atoms with E-state index in [1.807, 2.05) is 12.1 Å². The van der Waals surface area contributed by atoms with E-state index in [0.29, 0.717) is 40.5 Å². The van der Waals surface area contributed by atoms with Gasteiger partial charge in [-0.25, -0.2) is 19.2 Å². The Balaban J connectivity index is 1.36. The molecule has 0 fully saturated rings. The number of carbonyl (C=O) groups excluding carboxylic acids is 2. The van der Waals surface area contributed by atoms with Gasteiger partial charge >= 0.3 is 12.3 Å². The first-order valence-corrected chi connectivity index (χ1v) is 16.5. The summed E-state index contributed by atoms with van der Waals surface area (Å²) in [6.45, 7) is 7.51. The van der Waals surface area contributed by atoms with Crippen molar-refractivity contribution in [2.45, 2.75) is 71.1 Å². The summed E-state index contributed by atoms with van der Waals surface area (Å²) in [6.07, 6.45) is -1.68. The van der Waals surface area contributed by atoms with E-state index in [-0.39, 0.29) is 29.6 Å². The number of thiazole rings is 1. The van der Waals surface area contributed by atoms with Gasteiger partial charge in [-0.1, -0.05) is 24.3 Å². The molecule has 0 saturated heterocycles. The highest BCUT2D eigenvalue weighted by Crippen LogP contribution is 2.41. The van der Waals surface area contributed by atoms with E-state index < -0.39 is 41.6 Å². The van der Waals surface area contributed by atoms with Gasteiger partial charge in [0.1, 0.15) is 11.8 Å². The number of nitrogens with one attached hydrogen (secondary N) is 1. The van der Waals surface area contributed by atoms with E-state index in [1.165, 1.54) is 39.6 Å². The van der Waals surface area contributed by atoms with Crippen molar-refractivity contribution in [1.82, 2.24) is 29.2 Å². The second-order valence-electron chi connectivity index (χ2n) is 13.1. The molecule has 1 N–H and O–H groups in total. The number of rotatable bonds is 8. The molecule has 0 unspecified atom stereocenters. The summed E-state index contributed by atoms with van der Waals surface area (Å²) in [5, 5.41) is 9.07. The molecule has 0 bridgehead atoms. The predicted octanol–water partition coefficient (Wildman–Crippen LogP) is 7.22. The fourth-order valence-electron chi connectivity index (χ4n) is 5.92. The quantitative estimate of drug-likeness (QED) is 0.172. The van der Waals surface area contributed by atoms with Crippen LogP contribution < -0.4 is 5.32 Å². The minimum atomic E-state index is -4.74. The molecule has 1 aliphatic rings. The van der Waals surface area contributed by atoms with E-state index in [0.717, 1.165) is 11.6 Å². The molecule has 10 nitrogen and oxygen atoms in total. The average Bonchev–Trinajstić information content (AvgIpc) is 3.82. The summed E-state index contributed by atoms with van der Waals surface area (Å²) in [5.41, 5.74) is 1.47. The van der Waals surface area contributed by atoms with Gasteiger partial charge in [0.05, 0.1) is 29.6 Å². The third-order valence-corrected chi connectivity index (χ3v) is 8.99. The lowest BCUT2D eigenvalue weighted by atomic mass is 9.94. The largest absolute Gasteiger partial charge is 0.444 e. The number of aryl methyl sites for hydroxylation is 1. The van der Waals surface area contributed by atoms with Crippen molar-refractivity contribution in [2.75, 3.05) is 18.9 Å². The van der Waals surface area contributed by atoms with Gasteiger partial charge in [-0.15, -0.1) is 11.3 Å². The van der Waals surface area contributed by atoms with Crippen LogP contribution >= 0.6 is 11.3 Å². The normalized spacial score (nSPS) is 15.3. The first-order chi connectivity index (χ1) is 23.1. The molecule has 0 radical (unpaired) electrons. The Morgan fingerprint density at radius 1 is 1.16 bits per heavy atom. The second-order valence-corrected chi connectivity index (χ2v) is 14.0. The van der Waals surface area contributed by atoms with Crippen LogP contribution in [0.4, 0.5) is 27.5 Å². The number of imidazole rings is 1. The minimum absolute atomic E-state index is 0.0153. The molecular formula is C34H35F4N7O3S. The van der Waals surface area contributed by atoms with Crippen LogP contribution in [-0.2, 0) is 35.1 Å². The van der Waals surface area contributed by atoms with Crippen LogP contribution in [-0.4, -0.2) is 66.6 Å². The zero-order valence-electron chi connectivity index (χ0n) is 27.5. The third kappa shape index (κ3) is 7.16. The number of anilines is 1. The Bertz CT molecular complexity index is 2000. The van der Waals surface area contributed by atoms with Gasteiger partial charge in [-0.05, 0) is 62.4 Å². The molecule has 0 saturated carbocycles. The number of hydrogen-bond donors (Lipinski definition) is 1. The lowest BCUT2D eigenvalue weighted by molar-refractivity contribution is -0.136. The van der Waals surface area contributed by atoms with Crippen LogP contribution in [0.2, 0.25) is 0 Å². The van der Waals surface area contributed by atoms with Crippen LogP contribution in [0.25, 0.3) is 22.0 Å². The van der Waals surface area contributed by atoms with Crippen molar-refractivity contribution in [3.63, 3.8) is 0 Å². The Morgan fingerprint density at radius 3 is 2.55 bits per heavy atom. The Labute approximate surface area is 283 Å². The molecule has 5 aromatic rings. The van der Waals surface area contributed by atoms with E-state index in [9.17, 15) is 27.2 Å². The van der Waals surface area contributed by atoms with Gasteiger partial charge < -0.3 is 14.2 Å². The number of halogens is 4. The summed E-state index contributed by atoms with van der Waals surface area (Å²) in [4.78, 5) is 36.0. The Morgan fingerprint density at radius 2 is 1.90 bits per heavy atom. The zero-order valence-corrected chi connectivity index (χ0v) is 28.3. The van der Waals surface area contributed by atoms with Gasteiger partial charge in [-0.3, -0.25) is 14.8 Å². The molecule has 258 valence electrons. The molecule has 3 aromatic heterocycles. The average molecular weight is 698 g/mol. The van der Waals surface area contributed by atoms with Crippen LogP contribution in [0, 0.1) is 6.92 Å². The molecule has 15 heteroatoms. The summed E-state index contributed by atoms with van der Waals surface area (Å²) < 4.78 is 66.5. The molecule has 1 aliphatic heterocycles. The van der Waals surface area contributed by atoms with Gasteiger partial charge in [0, 0.05) is 48.9 Å². The molecule has 0 aliphatic carbocycles.